The van der Waals surface area contributed by atoms with Crippen LogP contribution in [0.4, 0.5) is 0 Å². The van der Waals surface area contributed by atoms with Crippen molar-refractivity contribution in [2.45, 2.75) is 239 Å². The molecule has 0 aliphatic heterocycles. The first kappa shape index (κ1) is 42.9. The zero-order valence-electron chi connectivity index (χ0n) is 30.4. The zero-order chi connectivity index (χ0) is 32.2. The molecule has 4 nitrogen and oxygen atoms in total. The summed E-state index contributed by atoms with van der Waals surface area (Å²) >= 11 is 0. The van der Waals surface area contributed by atoms with E-state index in [1.54, 1.807) is 0 Å². The molecule has 0 saturated carbocycles. The van der Waals surface area contributed by atoms with Gasteiger partial charge in [0.2, 0.25) is 11.8 Å². The van der Waals surface area contributed by atoms with Crippen molar-refractivity contribution in [3.05, 3.63) is 0 Å². The molecule has 2 amide bonds. The average molecular weight is 621 g/mol. The van der Waals surface area contributed by atoms with Crippen LogP contribution in [0, 0.1) is 0 Å². The summed E-state index contributed by atoms with van der Waals surface area (Å²) in [5.74, 6) is 0.0584. The molecule has 2 N–H and O–H groups in total. The standard InChI is InChI=1S/C40H80N2O2/c1-4-7-10-12-14-16-18-19-20-21-22-23-24-25-26-27-29-31-33-36-39(43)42-38(35-9-6-3)40(44)41-37-34-32-30-28-17-15-13-11-8-5-2/h38H,4-37H2,1-3H3,(H,41,44)(H,42,43). The molecule has 0 aromatic rings. The molecule has 0 aromatic heterocycles. The zero-order valence-corrected chi connectivity index (χ0v) is 30.4. The Morgan fingerprint density at radius 2 is 0.727 bits per heavy atom. The van der Waals surface area contributed by atoms with Crippen molar-refractivity contribution < 1.29 is 9.59 Å². The molecule has 262 valence electrons. The first-order chi connectivity index (χ1) is 21.7. The summed E-state index contributed by atoms with van der Waals surface area (Å²) in [5.41, 5.74) is 0. The van der Waals surface area contributed by atoms with E-state index >= 15 is 0 Å². The molecule has 0 heterocycles. The summed E-state index contributed by atoms with van der Waals surface area (Å²) in [5, 5.41) is 6.15. The first-order valence-electron chi connectivity index (χ1n) is 20.2. The lowest BCUT2D eigenvalue weighted by molar-refractivity contribution is -0.129. The number of hydrogen-bond donors (Lipinski definition) is 2. The Kier molecular flexibility index (Phi) is 35.5. The Morgan fingerprint density at radius 1 is 0.409 bits per heavy atom. The van der Waals surface area contributed by atoms with Gasteiger partial charge in [-0.05, 0) is 19.3 Å². The van der Waals surface area contributed by atoms with Crippen molar-refractivity contribution in [3.8, 4) is 0 Å². The van der Waals surface area contributed by atoms with E-state index in [2.05, 4.69) is 31.4 Å². The minimum Gasteiger partial charge on any atom is -0.354 e. The van der Waals surface area contributed by atoms with Gasteiger partial charge >= 0.3 is 0 Å². The summed E-state index contributed by atoms with van der Waals surface area (Å²) in [4.78, 5) is 25.3. The highest BCUT2D eigenvalue weighted by Gasteiger charge is 2.19. The summed E-state index contributed by atoms with van der Waals surface area (Å²) in [7, 11) is 0. The van der Waals surface area contributed by atoms with Gasteiger partial charge in [-0.1, -0.05) is 207 Å². The molecular formula is C40H80N2O2. The minimum absolute atomic E-state index is 0.0101. The molecule has 0 fully saturated rings. The predicted octanol–water partition coefficient (Wildman–Crippen LogP) is 12.5. The van der Waals surface area contributed by atoms with E-state index in [1.165, 1.54) is 167 Å². The normalized spacial score (nSPS) is 12.0. The smallest absolute Gasteiger partial charge is 0.242 e. The lowest BCUT2D eigenvalue weighted by Gasteiger charge is -2.18. The second-order valence-electron chi connectivity index (χ2n) is 13.8. The highest BCUT2D eigenvalue weighted by Crippen LogP contribution is 2.15. The Bertz CT molecular complexity index is 594. The fraction of sp³-hybridized carbons (Fsp3) is 0.950. The number of nitrogens with one attached hydrogen (secondary N) is 2. The molecule has 4 heteroatoms. The molecular weight excluding hydrogens is 540 g/mol. The number of hydrogen-bond acceptors (Lipinski definition) is 2. The monoisotopic (exact) mass is 621 g/mol. The van der Waals surface area contributed by atoms with Gasteiger partial charge in [-0.3, -0.25) is 9.59 Å². The number of rotatable bonds is 36. The minimum atomic E-state index is -0.370. The van der Waals surface area contributed by atoms with Gasteiger partial charge < -0.3 is 10.6 Å². The Morgan fingerprint density at radius 3 is 1.09 bits per heavy atom. The van der Waals surface area contributed by atoms with Crippen molar-refractivity contribution in [1.29, 1.82) is 0 Å². The Balaban J connectivity index is 3.67. The number of carbonyl (C=O) groups excluding carboxylic acids is 2. The lowest BCUT2D eigenvalue weighted by atomic mass is 10.0. The van der Waals surface area contributed by atoms with Crippen LogP contribution in [0.2, 0.25) is 0 Å². The molecule has 0 aliphatic carbocycles. The summed E-state index contributed by atoms with van der Waals surface area (Å²) < 4.78 is 0. The van der Waals surface area contributed by atoms with Crippen molar-refractivity contribution in [2.24, 2.45) is 0 Å². The van der Waals surface area contributed by atoms with Crippen molar-refractivity contribution in [2.75, 3.05) is 6.54 Å². The first-order valence-corrected chi connectivity index (χ1v) is 20.2. The van der Waals surface area contributed by atoms with Crippen LogP contribution in [0.3, 0.4) is 0 Å². The molecule has 0 bridgehead atoms. The van der Waals surface area contributed by atoms with Crippen molar-refractivity contribution >= 4 is 11.8 Å². The molecule has 0 rings (SSSR count). The maximum atomic E-state index is 12.8. The van der Waals surface area contributed by atoms with Gasteiger partial charge in [-0.15, -0.1) is 0 Å². The van der Waals surface area contributed by atoms with E-state index in [1.807, 2.05) is 0 Å². The van der Waals surface area contributed by atoms with Gasteiger partial charge in [0.25, 0.3) is 0 Å². The van der Waals surface area contributed by atoms with Crippen molar-refractivity contribution in [3.63, 3.8) is 0 Å². The largest absolute Gasteiger partial charge is 0.354 e. The van der Waals surface area contributed by atoms with Crippen LogP contribution in [0.25, 0.3) is 0 Å². The SMILES string of the molecule is CCCCCCCCCCCCCCCCCCCCCC(=O)NC(CCCC)C(=O)NCCCCCCCCCCCC. The van der Waals surface area contributed by atoms with Gasteiger partial charge in [0.1, 0.15) is 6.04 Å². The summed E-state index contributed by atoms with van der Waals surface area (Å²) in [6.45, 7) is 7.42. The lowest BCUT2D eigenvalue weighted by Crippen LogP contribution is -2.46. The Hall–Kier alpha value is -1.06. The number of amides is 2. The van der Waals surface area contributed by atoms with Crippen LogP contribution in [-0.2, 0) is 9.59 Å². The van der Waals surface area contributed by atoms with E-state index in [4.69, 9.17) is 0 Å². The molecule has 0 spiro atoms. The molecule has 0 aromatic carbocycles. The predicted molar refractivity (Wildman–Crippen MR) is 194 cm³/mol. The third kappa shape index (κ3) is 32.3. The summed E-state index contributed by atoms with van der Waals surface area (Å²) in [6, 6.07) is -0.370. The molecule has 44 heavy (non-hydrogen) atoms. The second-order valence-corrected chi connectivity index (χ2v) is 13.8. The quantitative estimate of drug-likeness (QED) is 0.0685. The third-order valence-corrected chi connectivity index (χ3v) is 9.34. The Labute approximate surface area is 276 Å². The molecule has 0 aliphatic rings. The fourth-order valence-corrected chi connectivity index (χ4v) is 6.25. The molecule has 1 unspecified atom stereocenters. The van der Waals surface area contributed by atoms with E-state index in [9.17, 15) is 9.59 Å². The maximum Gasteiger partial charge on any atom is 0.242 e. The van der Waals surface area contributed by atoms with Gasteiger partial charge in [0.05, 0.1) is 0 Å². The van der Waals surface area contributed by atoms with E-state index in [-0.39, 0.29) is 17.9 Å². The van der Waals surface area contributed by atoms with Crippen LogP contribution < -0.4 is 10.6 Å². The third-order valence-electron chi connectivity index (χ3n) is 9.34. The molecule has 1 atom stereocenters. The molecule has 0 saturated heterocycles. The van der Waals surface area contributed by atoms with Crippen LogP contribution in [0.5, 0.6) is 0 Å². The van der Waals surface area contributed by atoms with Gasteiger partial charge in [0.15, 0.2) is 0 Å². The van der Waals surface area contributed by atoms with Crippen LogP contribution >= 0.6 is 0 Å². The van der Waals surface area contributed by atoms with E-state index in [0.29, 0.717) is 6.42 Å². The van der Waals surface area contributed by atoms with Crippen LogP contribution in [0.1, 0.15) is 233 Å². The van der Waals surface area contributed by atoms with Crippen molar-refractivity contribution in [1.82, 2.24) is 10.6 Å². The van der Waals surface area contributed by atoms with E-state index in [0.717, 1.165) is 45.1 Å². The number of carbonyl (C=O) groups is 2. The number of unbranched alkanes of at least 4 members (excludes halogenated alkanes) is 28. The van der Waals surface area contributed by atoms with Gasteiger partial charge in [0, 0.05) is 13.0 Å². The van der Waals surface area contributed by atoms with Gasteiger partial charge in [-0.25, -0.2) is 0 Å². The topological polar surface area (TPSA) is 58.2 Å². The second kappa shape index (κ2) is 36.4. The average Bonchev–Trinajstić information content (AvgIpc) is 3.02. The summed E-state index contributed by atoms with van der Waals surface area (Å²) in [6.07, 6.45) is 42.1. The fourth-order valence-electron chi connectivity index (χ4n) is 6.25. The van der Waals surface area contributed by atoms with Crippen LogP contribution in [-0.4, -0.2) is 24.4 Å². The van der Waals surface area contributed by atoms with Crippen LogP contribution in [0.15, 0.2) is 0 Å². The molecule has 0 radical (unpaired) electrons. The van der Waals surface area contributed by atoms with Gasteiger partial charge in [-0.2, -0.15) is 0 Å². The van der Waals surface area contributed by atoms with E-state index < -0.39 is 0 Å². The highest BCUT2D eigenvalue weighted by atomic mass is 16.2. The maximum absolute atomic E-state index is 12.8. The highest BCUT2D eigenvalue weighted by molar-refractivity contribution is 5.87.